The van der Waals surface area contributed by atoms with Crippen molar-refractivity contribution in [3.63, 3.8) is 0 Å². The molecule has 1 aliphatic heterocycles. The van der Waals surface area contributed by atoms with Crippen LogP contribution in [0.3, 0.4) is 0 Å². The molecule has 1 aliphatic rings. The lowest BCUT2D eigenvalue weighted by Crippen LogP contribution is -2.34. The quantitative estimate of drug-likeness (QED) is 0.813. The van der Waals surface area contributed by atoms with Gasteiger partial charge in [-0.2, -0.15) is 28.1 Å². The van der Waals surface area contributed by atoms with E-state index in [4.69, 9.17) is 11.6 Å². The molecule has 0 saturated heterocycles. The van der Waals surface area contributed by atoms with Gasteiger partial charge in [-0.15, -0.1) is 0 Å². The van der Waals surface area contributed by atoms with Gasteiger partial charge in [0.25, 0.3) is 5.91 Å². The number of hydrogen-bond acceptors (Lipinski definition) is 5. The molecule has 0 aliphatic carbocycles. The predicted octanol–water partition coefficient (Wildman–Crippen LogP) is 2.86. The number of nitrogens with one attached hydrogen (secondary N) is 1. The molecular formula is C17H16ClF3N6O2. The zero-order chi connectivity index (χ0) is 21.3. The summed E-state index contributed by atoms with van der Waals surface area (Å²) < 4.78 is 40.3. The molecule has 2 amide bonds. The van der Waals surface area contributed by atoms with Crippen LogP contribution in [0.4, 0.5) is 13.2 Å². The van der Waals surface area contributed by atoms with Gasteiger partial charge in [-0.1, -0.05) is 11.6 Å². The molecule has 0 spiro atoms. The van der Waals surface area contributed by atoms with Gasteiger partial charge in [-0.3, -0.25) is 9.59 Å². The fourth-order valence-corrected chi connectivity index (χ4v) is 3.02. The number of hydrogen-bond donors (Lipinski definition) is 1. The van der Waals surface area contributed by atoms with Crippen molar-refractivity contribution in [1.29, 1.82) is 0 Å². The first-order valence-electron chi connectivity index (χ1n) is 8.49. The van der Waals surface area contributed by atoms with E-state index in [-0.39, 0.29) is 22.9 Å². The first-order chi connectivity index (χ1) is 13.6. The Bertz CT molecular complexity index is 988. The third-order valence-corrected chi connectivity index (χ3v) is 4.45. The van der Waals surface area contributed by atoms with Gasteiger partial charge in [0.05, 0.1) is 11.6 Å². The summed E-state index contributed by atoms with van der Waals surface area (Å²) >= 11 is 5.73. The monoisotopic (exact) mass is 428 g/mol. The predicted molar refractivity (Wildman–Crippen MR) is 97.2 cm³/mol. The van der Waals surface area contributed by atoms with Crippen molar-refractivity contribution in [2.45, 2.75) is 32.0 Å². The van der Waals surface area contributed by atoms with Crippen LogP contribution in [0.5, 0.6) is 0 Å². The van der Waals surface area contributed by atoms with E-state index in [1.54, 1.807) is 6.92 Å². The molecule has 12 heteroatoms. The molecule has 1 N–H and O–H groups in total. The summed E-state index contributed by atoms with van der Waals surface area (Å²) in [6.07, 6.45) is -2.78. The summed E-state index contributed by atoms with van der Waals surface area (Å²) in [4.78, 5) is 28.2. The normalized spacial score (nSPS) is 15.9. The van der Waals surface area contributed by atoms with E-state index in [0.717, 1.165) is 18.2 Å². The van der Waals surface area contributed by atoms with E-state index in [0.29, 0.717) is 18.1 Å². The minimum absolute atomic E-state index is 0.141. The van der Waals surface area contributed by atoms with Crippen LogP contribution in [0.1, 0.15) is 47.6 Å². The Hall–Kier alpha value is -2.95. The number of carbonyl (C=O) groups excluding carboxylic acids is 2. The number of halogens is 4. The highest BCUT2D eigenvalue weighted by atomic mass is 35.5. The second kappa shape index (κ2) is 7.82. The Balaban J connectivity index is 1.82. The Morgan fingerprint density at radius 1 is 1.28 bits per heavy atom. The topological polar surface area (TPSA) is 92.5 Å². The number of benzene rings is 1. The Labute approximate surface area is 168 Å². The molecule has 154 valence electrons. The van der Waals surface area contributed by atoms with E-state index in [2.05, 4.69) is 20.5 Å². The number of carbonyl (C=O) groups is 2. The van der Waals surface area contributed by atoms with Crippen LogP contribution in [0, 0.1) is 0 Å². The zero-order valence-electron chi connectivity index (χ0n) is 15.4. The zero-order valence-corrected chi connectivity index (χ0v) is 16.1. The molecule has 0 saturated carbocycles. The molecule has 1 atom stereocenters. The molecule has 8 nitrogen and oxygen atoms in total. The minimum atomic E-state index is -4.63. The van der Waals surface area contributed by atoms with Gasteiger partial charge < -0.3 is 5.32 Å². The number of amides is 2. The van der Waals surface area contributed by atoms with Gasteiger partial charge >= 0.3 is 6.18 Å². The van der Waals surface area contributed by atoms with E-state index in [1.165, 1.54) is 23.1 Å². The van der Waals surface area contributed by atoms with Crippen LogP contribution >= 0.6 is 11.6 Å². The Morgan fingerprint density at radius 2 is 2.00 bits per heavy atom. The van der Waals surface area contributed by atoms with Crippen molar-refractivity contribution in [1.82, 2.24) is 25.1 Å². The Morgan fingerprint density at radius 3 is 2.66 bits per heavy atom. The third kappa shape index (κ3) is 4.56. The molecule has 29 heavy (non-hydrogen) atoms. The molecule has 3 rings (SSSR count). The molecule has 0 fully saturated rings. The summed E-state index contributed by atoms with van der Waals surface area (Å²) in [5.41, 5.74) is -1.25. The smallest absolute Gasteiger partial charge is 0.342 e. The highest BCUT2D eigenvalue weighted by molar-refractivity contribution is 6.31. The van der Waals surface area contributed by atoms with Crippen LogP contribution in [-0.4, -0.2) is 44.5 Å². The van der Waals surface area contributed by atoms with Crippen molar-refractivity contribution >= 4 is 29.3 Å². The molecule has 1 unspecified atom stereocenters. The van der Waals surface area contributed by atoms with Crippen molar-refractivity contribution in [3.8, 4) is 0 Å². The number of aromatic nitrogens is 3. The van der Waals surface area contributed by atoms with Crippen LogP contribution in [0.15, 0.2) is 29.6 Å². The highest BCUT2D eigenvalue weighted by Crippen LogP contribution is 2.32. The lowest BCUT2D eigenvalue weighted by Gasteiger charge is -2.21. The minimum Gasteiger partial charge on any atom is -0.342 e. The highest BCUT2D eigenvalue weighted by Gasteiger charge is 2.32. The molecule has 0 bridgehead atoms. The summed E-state index contributed by atoms with van der Waals surface area (Å²) in [7, 11) is 1.51. The maximum Gasteiger partial charge on any atom is 0.416 e. The molecular weight excluding hydrogens is 413 g/mol. The lowest BCUT2D eigenvalue weighted by molar-refractivity contribution is -0.137. The molecule has 1 aromatic heterocycles. The van der Waals surface area contributed by atoms with Crippen molar-refractivity contribution in [2.24, 2.45) is 5.10 Å². The second-order valence-corrected chi connectivity index (χ2v) is 6.82. The SMILES string of the molecule is CC(NC(=O)c1cc(Cl)cc(C(F)(F)F)c1)c1ncnn1C1=NN(C)C(=O)CC1. The maximum absolute atomic E-state index is 13.0. The first-order valence-corrected chi connectivity index (χ1v) is 8.87. The molecule has 1 aromatic carbocycles. The average molecular weight is 429 g/mol. The van der Waals surface area contributed by atoms with E-state index in [1.807, 2.05) is 0 Å². The van der Waals surface area contributed by atoms with Gasteiger partial charge in [0, 0.05) is 30.5 Å². The average Bonchev–Trinajstić information content (AvgIpc) is 3.12. The number of nitrogens with zero attached hydrogens (tertiary/aromatic N) is 5. The van der Waals surface area contributed by atoms with Crippen molar-refractivity contribution < 1.29 is 22.8 Å². The fraction of sp³-hybridized carbons (Fsp3) is 0.353. The fourth-order valence-electron chi connectivity index (χ4n) is 2.78. The summed E-state index contributed by atoms with van der Waals surface area (Å²) in [6, 6.07) is 1.92. The number of hydrazone groups is 1. The van der Waals surface area contributed by atoms with Crippen LogP contribution < -0.4 is 5.32 Å². The van der Waals surface area contributed by atoms with Crippen LogP contribution in [0.25, 0.3) is 0 Å². The van der Waals surface area contributed by atoms with Gasteiger partial charge in [-0.05, 0) is 25.1 Å². The molecule has 0 radical (unpaired) electrons. The summed E-state index contributed by atoms with van der Waals surface area (Å²) in [5.74, 6) is -0.114. The standard InChI is InChI=1S/C17H16ClF3N6O2/c1-9(15-22-8-23-27(15)13-3-4-14(28)26(2)25-13)24-16(29)10-5-11(17(19,20)21)7-12(18)6-10/h5-9H,3-4H2,1-2H3,(H,24,29). The number of rotatable bonds is 3. The summed E-state index contributed by atoms with van der Waals surface area (Å²) in [6.45, 7) is 1.60. The number of alkyl halides is 3. The van der Waals surface area contributed by atoms with Gasteiger partial charge in [0.2, 0.25) is 5.91 Å². The second-order valence-electron chi connectivity index (χ2n) is 6.39. The van der Waals surface area contributed by atoms with Gasteiger partial charge in [-0.25, -0.2) is 9.99 Å². The lowest BCUT2D eigenvalue weighted by atomic mass is 10.1. The van der Waals surface area contributed by atoms with E-state index in [9.17, 15) is 22.8 Å². The Kier molecular flexibility index (Phi) is 5.60. The van der Waals surface area contributed by atoms with E-state index < -0.39 is 23.7 Å². The summed E-state index contributed by atoms with van der Waals surface area (Å²) in [5, 5.41) is 11.8. The third-order valence-electron chi connectivity index (χ3n) is 4.23. The van der Waals surface area contributed by atoms with Crippen LogP contribution in [-0.2, 0) is 11.0 Å². The van der Waals surface area contributed by atoms with E-state index >= 15 is 0 Å². The maximum atomic E-state index is 13.0. The van der Waals surface area contributed by atoms with Crippen molar-refractivity contribution in [3.05, 3.63) is 46.5 Å². The van der Waals surface area contributed by atoms with Crippen molar-refractivity contribution in [2.75, 3.05) is 7.05 Å². The molecule has 2 heterocycles. The first kappa shape index (κ1) is 20.8. The largest absolute Gasteiger partial charge is 0.416 e. The van der Waals surface area contributed by atoms with Crippen LogP contribution in [0.2, 0.25) is 5.02 Å². The van der Waals surface area contributed by atoms with Gasteiger partial charge in [0.1, 0.15) is 6.33 Å². The molecule has 2 aromatic rings. The van der Waals surface area contributed by atoms with Gasteiger partial charge in [0.15, 0.2) is 11.7 Å².